The van der Waals surface area contributed by atoms with Crippen LogP contribution in [0, 0.1) is 17.3 Å². The zero-order valence-electron chi connectivity index (χ0n) is 10.9. The Hall–Kier alpha value is -0.830. The van der Waals surface area contributed by atoms with E-state index < -0.39 is 5.60 Å². The molecule has 0 aromatic heterocycles. The first-order valence-corrected chi connectivity index (χ1v) is 6.97. The van der Waals surface area contributed by atoms with Crippen molar-refractivity contribution in [3.63, 3.8) is 0 Å². The van der Waals surface area contributed by atoms with Crippen LogP contribution in [0.15, 0.2) is 12.2 Å². The molecular weight excluding hydrogens is 228 g/mol. The number of rotatable bonds is 2. The maximum Gasteiger partial charge on any atom is 0.333 e. The molecule has 0 radical (unpaired) electrons. The van der Waals surface area contributed by atoms with Crippen LogP contribution in [0.3, 0.4) is 0 Å². The van der Waals surface area contributed by atoms with Gasteiger partial charge in [-0.15, -0.1) is 0 Å². The molecule has 18 heavy (non-hydrogen) atoms. The van der Waals surface area contributed by atoms with Crippen LogP contribution < -0.4 is 0 Å². The van der Waals surface area contributed by atoms with Crippen LogP contribution >= 0.6 is 0 Å². The average molecular weight is 248 g/mol. The fourth-order valence-electron chi connectivity index (χ4n) is 5.82. The van der Waals surface area contributed by atoms with Gasteiger partial charge >= 0.3 is 5.97 Å². The molecule has 0 aromatic carbocycles. The third kappa shape index (κ3) is 1.16. The van der Waals surface area contributed by atoms with E-state index in [1.807, 2.05) is 0 Å². The summed E-state index contributed by atoms with van der Waals surface area (Å²) in [6.45, 7) is 5.35. The quantitative estimate of drug-likeness (QED) is 0.602. The van der Waals surface area contributed by atoms with Crippen molar-refractivity contribution in [1.82, 2.24) is 0 Å². The highest BCUT2D eigenvalue weighted by Crippen LogP contribution is 2.77. The molecule has 0 heterocycles. The molecule has 0 aliphatic heterocycles. The molecule has 1 spiro atoms. The van der Waals surface area contributed by atoms with Gasteiger partial charge in [-0.3, -0.25) is 0 Å². The predicted molar refractivity (Wildman–Crippen MR) is 65.7 cm³/mol. The summed E-state index contributed by atoms with van der Waals surface area (Å²) < 4.78 is 5.77. The minimum Gasteiger partial charge on any atom is -0.456 e. The molecule has 4 bridgehead atoms. The highest BCUT2D eigenvalue weighted by Gasteiger charge is 2.74. The fourth-order valence-corrected chi connectivity index (χ4v) is 5.82. The molecule has 5 fully saturated rings. The Balaban J connectivity index is 1.68. The van der Waals surface area contributed by atoms with Crippen molar-refractivity contribution in [2.75, 3.05) is 0 Å². The number of fused-ring (bicyclic) bond motifs is 1. The van der Waals surface area contributed by atoms with Gasteiger partial charge in [0.1, 0.15) is 5.60 Å². The molecule has 0 amide bonds. The van der Waals surface area contributed by atoms with E-state index in [2.05, 4.69) is 6.58 Å². The molecule has 5 rings (SSSR count). The molecule has 98 valence electrons. The van der Waals surface area contributed by atoms with E-state index in [4.69, 9.17) is 4.74 Å². The summed E-state index contributed by atoms with van der Waals surface area (Å²) in [6, 6.07) is 0. The zero-order valence-corrected chi connectivity index (χ0v) is 10.9. The first kappa shape index (κ1) is 11.0. The number of carbonyl (C=O) groups excluding carboxylic acids is 1. The molecule has 5 atom stereocenters. The van der Waals surface area contributed by atoms with Crippen LogP contribution in [-0.2, 0) is 9.53 Å². The summed E-state index contributed by atoms with van der Waals surface area (Å²) in [5, 5.41) is 10.7. The van der Waals surface area contributed by atoms with Crippen LogP contribution in [0.25, 0.3) is 0 Å². The van der Waals surface area contributed by atoms with Crippen molar-refractivity contribution in [2.45, 2.75) is 56.7 Å². The second-order valence-corrected chi connectivity index (χ2v) is 7.45. The largest absolute Gasteiger partial charge is 0.456 e. The van der Waals surface area contributed by atoms with Crippen molar-refractivity contribution >= 4 is 5.97 Å². The Labute approximate surface area is 107 Å². The van der Waals surface area contributed by atoms with Crippen LogP contribution in [0.4, 0.5) is 0 Å². The lowest BCUT2D eigenvalue weighted by Gasteiger charge is -2.63. The summed E-state index contributed by atoms with van der Waals surface area (Å²) in [5.41, 5.74) is -0.198. The van der Waals surface area contributed by atoms with E-state index in [1.54, 1.807) is 6.92 Å². The molecular formula is C15H20O3. The Bertz CT molecular complexity index is 466. The van der Waals surface area contributed by atoms with E-state index in [1.165, 1.54) is 6.42 Å². The van der Waals surface area contributed by atoms with Crippen molar-refractivity contribution in [2.24, 2.45) is 17.3 Å². The summed E-state index contributed by atoms with van der Waals surface area (Å²) in [7, 11) is 0. The molecule has 1 N–H and O–H groups in total. The minimum atomic E-state index is -0.566. The molecule has 5 aliphatic rings. The lowest BCUT2D eigenvalue weighted by atomic mass is 9.43. The van der Waals surface area contributed by atoms with Crippen LogP contribution in [-0.4, -0.2) is 22.3 Å². The molecule has 0 saturated heterocycles. The van der Waals surface area contributed by atoms with Gasteiger partial charge in [0.25, 0.3) is 0 Å². The van der Waals surface area contributed by atoms with E-state index in [0.717, 1.165) is 25.7 Å². The molecule has 5 saturated carbocycles. The van der Waals surface area contributed by atoms with E-state index >= 15 is 0 Å². The van der Waals surface area contributed by atoms with Crippen LogP contribution in [0.2, 0.25) is 0 Å². The number of hydrogen-bond acceptors (Lipinski definition) is 3. The van der Waals surface area contributed by atoms with Gasteiger partial charge in [0.2, 0.25) is 0 Å². The van der Waals surface area contributed by atoms with E-state index in [0.29, 0.717) is 29.2 Å². The maximum atomic E-state index is 11.8. The number of esters is 1. The van der Waals surface area contributed by atoms with Gasteiger partial charge in [0.15, 0.2) is 0 Å². The average Bonchev–Trinajstić information content (AvgIpc) is 2.35. The van der Waals surface area contributed by atoms with Gasteiger partial charge in [-0.2, -0.15) is 0 Å². The van der Waals surface area contributed by atoms with Crippen molar-refractivity contribution in [3.05, 3.63) is 12.2 Å². The van der Waals surface area contributed by atoms with Crippen molar-refractivity contribution in [1.29, 1.82) is 0 Å². The number of ether oxygens (including phenoxy) is 1. The van der Waals surface area contributed by atoms with Crippen molar-refractivity contribution in [3.8, 4) is 0 Å². The van der Waals surface area contributed by atoms with Gasteiger partial charge in [-0.25, -0.2) is 4.79 Å². The van der Waals surface area contributed by atoms with E-state index in [-0.39, 0.29) is 11.6 Å². The van der Waals surface area contributed by atoms with Gasteiger partial charge in [0.05, 0.1) is 5.60 Å². The van der Waals surface area contributed by atoms with Crippen LogP contribution in [0.5, 0.6) is 0 Å². The Morgan fingerprint density at radius 2 is 2.06 bits per heavy atom. The fraction of sp³-hybridized carbons (Fsp3) is 0.800. The molecule has 5 unspecified atom stereocenters. The molecule has 3 heteroatoms. The summed E-state index contributed by atoms with van der Waals surface area (Å²) in [5.74, 6) is 1.09. The second kappa shape index (κ2) is 2.84. The van der Waals surface area contributed by atoms with Gasteiger partial charge in [0, 0.05) is 12.0 Å². The first-order valence-electron chi connectivity index (χ1n) is 6.97. The standard InChI is InChI=1S/C15H20O3/c1-9(2)12(16)18-15-4-10-3-13(7-15)6-14(17,8-15)5-11(10)13/h10-11,17H,1,3-8H2,2H3. The predicted octanol–water partition coefficient (Wildman–Crippen LogP) is 2.19. The molecule has 0 aromatic rings. The smallest absolute Gasteiger partial charge is 0.333 e. The van der Waals surface area contributed by atoms with Crippen LogP contribution in [0.1, 0.15) is 45.4 Å². The number of aliphatic hydroxyl groups is 1. The normalized spacial score (nSPS) is 55.0. The van der Waals surface area contributed by atoms with Crippen molar-refractivity contribution < 1.29 is 14.6 Å². The molecule has 3 nitrogen and oxygen atoms in total. The number of carbonyl (C=O) groups is 1. The summed E-state index contributed by atoms with van der Waals surface area (Å²) in [6.07, 6.45) is 5.70. The third-order valence-electron chi connectivity index (χ3n) is 5.92. The summed E-state index contributed by atoms with van der Waals surface area (Å²) in [4.78, 5) is 11.8. The third-order valence-corrected chi connectivity index (χ3v) is 5.92. The SMILES string of the molecule is C=C(C)C(=O)OC12CC3CC4(CC(O)(CC34)C1)C2. The maximum absolute atomic E-state index is 11.8. The highest BCUT2D eigenvalue weighted by molar-refractivity contribution is 5.87. The molecule has 5 aliphatic carbocycles. The highest BCUT2D eigenvalue weighted by atomic mass is 16.6. The monoisotopic (exact) mass is 248 g/mol. The topological polar surface area (TPSA) is 46.5 Å². The zero-order chi connectivity index (χ0) is 12.8. The Morgan fingerprint density at radius 1 is 1.28 bits per heavy atom. The lowest BCUT2D eigenvalue weighted by molar-refractivity contribution is -0.221. The Morgan fingerprint density at radius 3 is 2.78 bits per heavy atom. The van der Waals surface area contributed by atoms with Gasteiger partial charge in [-0.05, 0) is 56.3 Å². The number of hydrogen-bond donors (Lipinski definition) is 1. The minimum absolute atomic E-state index is 0.283. The van der Waals surface area contributed by atoms with Gasteiger partial charge < -0.3 is 9.84 Å². The second-order valence-electron chi connectivity index (χ2n) is 7.45. The Kier molecular flexibility index (Phi) is 1.74. The van der Waals surface area contributed by atoms with Gasteiger partial charge in [-0.1, -0.05) is 6.58 Å². The lowest BCUT2D eigenvalue weighted by Crippen LogP contribution is -2.61. The first-order chi connectivity index (χ1) is 8.36. The summed E-state index contributed by atoms with van der Waals surface area (Å²) >= 11 is 0. The van der Waals surface area contributed by atoms with E-state index in [9.17, 15) is 9.90 Å².